The highest BCUT2D eigenvalue weighted by Crippen LogP contribution is 2.27. The minimum Gasteiger partial charge on any atom is -0.389 e. The van der Waals surface area contributed by atoms with Gasteiger partial charge in [0.15, 0.2) is 0 Å². The molecule has 0 bridgehead atoms. The SMILES string of the molecule is O=C(C1CNNC1c1cccc(F)c1)N1CCOCC(O)C1. The molecule has 1 aromatic rings. The Morgan fingerprint density at radius 3 is 3.14 bits per heavy atom. The Morgan fingerprint density at radius 1 is 1.45 bits per heavy atom. The van der Waals surface area contributed by atoms with Crippen molar-refractivity contribution in [2.45, 2.75) is 12.1 Å². The van der Waals surface area contributed by atoms with Gasteiger partial charge in [-0.05, 0) is 17.7 Å². The van der Waals surface area contributed by atoms with Crippen molar-refractivity contribution in [3.8, 4) is 0 Å². The molecule has 0 aliphatic carbocycles. The van der Waals surface area contributed by atoms with Crippen LogP contribution in [-0.2, 0) is 9.53 Å². The number of hydrogen-bond acceptors (Lipinski definition) is 5. The minimum absolute atomic E-state index is 0.0590. The van der Waals surface area contributed by atoms with Gasteiger partial charge < -0.3 is 14.7 Å². The highest BCUT2D eigenvalue weighted by molar-refractivity contribution is 5.80. The molecular formula is C15H20FN3O3. The van der Waals surface area contributed by atoms with Crippen molar-refractivity contribution >= 4 is 5.91 Å². The molecule has 2 aliphatic rings. The number of rotatable bonds is 2. The molecule has 1 amide bonds. The summed E-state index contributed by atoms with van der Waals surface area (Å²) in [5, 5.41) is 9.77. The van der Waals surface area contributed by atoms with E-state index in [0.29, 0.717) is 19.7 Å². The van der Waals surface area contributed by atoms with E-state index in [0.717, 1.165) is 5.56 Å². The average molecular weight is 309 g/mol. The fourth-order valence-corrected chi connectivity index (χ4v) is 2.97. The molecule has 2 saturated heterocycles. The molecule has 3 rings (SSSR count). The Bertz CT molecular complexity index is 543. The zero-order chi connectivity index (χ0) is 15.5. The number of nitrogens with one attached hydrogen (secondary N) is 2. The lowest BCUT2D eigenvalue weighted by molar-refractivity contribution is -0.136. The Kier molecular flexibility index (Phi) is 4.68. The monoisotopic (exact) mass is 309 g/mol. The number of nitrogens with zero attached hydrogens (tertiary/aromatic N) is 1. The van der Waals surface area contributed by atoms with E-state index >= 15 is 0 Å². The van der Waals surface area contributed by atoms with Crippen LogP contribution in [0.5, 0.6) is 0 Å². The van der Waals surface area contributed by atoms with Gasteiger partial charge in [0.05, 0.1) is 31.3 Å². The first kappa shape index (κ1) is 15.4. The second kappa shape index (κ2) is 6.70. The van der Waals surface area contributed by atoms with Gasteiger partial charge in [-0.2, -0.15) is 0 Å². The van der Waals surface area contributed by atoms with E-state index in [4.69, 9.17) is 4.74 Å². The Morgan fingerprint density at radius 2 is 2.32 bits per heavy atom. The van der Waals surface area contributed by atoms with Gasteiger partial charge in [-0.15, -0.1) is 0 Å². The molecule has 0 aromatic heterocycles. The van der Waals surface area contributed by atoms with Crippen LogP contribution >= 0.6 is 0 Å². The number of amides is 1. The van der Waals surface area contributed by atoms with E-state index in [9.17, 15) is 14.3 Å². The average Bonchev–Trinajstić information content (AvgIpc) is 2.89. The number of ether oxygens (including phenoxy) is 1. The van der Waals surface area contributed by atoms with E-state index in [1.165, 1.54) is 12.1 Å². The number of benzene rings is 1. The number of carbonyl (C=O) groups excluding carboxylic acids is 1. The Balaban J connectivity index is 1.76. The maximum atomic E-state index is 13.4. The summed E-state index contributed by atoms with van der Waals surface area (Å²) in [6.45, 7) is 1.86. The van der Waals surface area contributed by atoms with Crippen LogP contribution in [0, 0.1) is 11.7 Å². The summed E-state index contributed by atoms with van der Waals surface area (Å²) in [6, 6.07) is 5.96. The van der Waals surface area contributed by atoms with Crippen LogP contribution in [0.3, 0.4) is 0 Å². The molecule has 2 heterocycles. The van der Waals surface area contributed by atoms with Crippen LogP contribution in [0.1, 0.15) is 11.6 Å². The van der Waals surface area contributed by atoms with E-state index in [2.05, 4.69) is 10.9 Å². The number of carbonyl (C=O) groups is 1. The topological polar surface area (TPSA) is 73.8 Å². The summed E-state index contributed by atoms with van der Waals surface area (Å²) in [6.07, 6.45) is -0.665. The highest BCUT2D eigenvalue weighted by atomic mass is 19.1. The number of β-amino-alcohol motifs (C(OH)–C–C–N with tert-alkyl or cyclic N) is 1. The summed E-state index contributed by atoms with van der Waals surface area (Å²) < 4.78 is 18.7. The lowest BCUT2D eigenvalue weighted by atomic mass is 9.93. The summed E-state index contributed by atoms with van der Waals surface area (Å²) >= 11 is 0. The molecule has 120 valence electrons. The van der Waals surface area contributed by atoms with Crippen molar-refractivity contribution in [2.24, 2.45) is 5.92 Å². The van der Waals surface area contributed by atoms with Crippen LogP contribution in [0.25, 0.3) is 0 Å². The molecular weight excluding hydrogens is 289 g/mol. The first-order valence-electron chi connectivity index (χ1n) is 7.43. The normalized spacial score (nSPS) is 29.4. The third-order valence-corrected chi connectivity index (χ3v) is 4.07. The van der Waals surface area contributed by atoms with Crippen LogP contribution < -0.4 is 10.9 Å². The lowest BCUT2D eigenvalue weighted by Crippen LogP contribution is -2.43. The number of halogens is 1. The maximum Gasteiger partial charge on any atom is 0.229 e. The first-order valence-corrected chi connectivity index (χ1v) is 7.43. The number of aliphatic hydroxyl groups is 1. The van der Waals surface area contributed by atoms with Gasteiger partial charge in [-0.25, -0.2) is 9.82 Å². The van der Waals surface area contributed by atoms with Gasteiger partial charge in [-0.1, -0.05) is 12.1 Å². The van der Waals surface area contributed by atoms with E-state index in [-0.39, 0.29) is 36.8 Å². The zero-order valence-corrected chi connectivity index (χ0v) is 12.2. The van der Waals surface area contributed by atoms with E-state index in [1.54, 1.807) is 17.0 Å². The fourth-order valence-electron chi connectivity index (χ4n) is 2.97. The maximum absolute atomic E-state index is 13.4. The zero-order valence-electron chi connectivity index (χ0n) is 12.2. The predicted molar refractivity (Wildman–Crippen MR) is 77.2 cm³/mol. The van der Waals surface area contributed by atoms with Crippen molar-refractivity contribution in [3.05, 3.63) is 35.6 Å². The molecule has 6 nitrogen and oxygen atoms in total. The molecule has 0 saturated carbocycles. The first-order chi connectivity index (χ1) is 10.6. The molecule has 2 aliphatic heterocycles. The number of hydrogen-bond donors (Lipinski definition) is 3. The summed E-state index contributed by atoms with van der Waals surface area (Å²) in [5.41, 5.74) is 6.74. The number of hydrazine groups is 1. The molecule has 2 fully saturated rings. The third kappa shape index (κ3) is 3.27. The minimum atomic E-state index is -0.665. The summed E-state index contributed by atoms with van der Waals surface area (Å²) in [5.74, 6) is -0.723. The second-order valence-electron chi connectivity index (χ2n) is 5.68. The van der Waals surface area contributed by atoms with Gasteiger partial charge in [-0.3, -0.25) is 10.2 Å². The smallest absolute Gasteiger partial charge is 0.229 e. The molecule has 22 heavy (non-hydrogen) atoms. The number of aliphatic hydroxyl groups excluding tert-OH is 1. The lowest BCUT2D eigenvalue weighted by Gasteiger charge is -2.27. The van der Waals surface area contributed by atoms with Crippen molar-refractivity contribution in [1.29, 1.82) is 0 Å². The standard InChI is InChI=1S/C15H20FN3O3/c16-11-3-1-2-10(6-11)14-13(7-17-18-14)15(21)19-4-5-22-9-12(20)8-19/h1-3,6,12-14,17-18,20H,4-5,7-9H2. The molecule has 3 atom stereocenters. The Hall–Kier alpha value is -1.54. The van der Waals surface area contributed by atoms with Crippen molar-refractivity contribution in [2.75, 3.05) is 32.8 Å². The quantitative estimate of drug-likeness (QED) is 0.706. The summed E-state index contributed by atoms with van der Waals surface area (Å²) in [7, 11) is 0. The highest BCUT2D eigenvalue weighted by Gasteiger charge is 2.37. The molecule has 3 unspecified atom stereocenters. The van der Waals surface area contributed by atoms with Gasteiger partial charge in [0.25, 0.3) is 0 Å². The van der Waals surface area contributed by atoms with Gasteiger partial charge in [0.1, 0.15) is 5.82 Å². The summed E-state index contributed by atoms with van der Waals surface area (Å²) in [4.78, 5) is 14.4. The van der Waals surface area contributed by atoms with Gasteiger partial charge >= 0.3 is 0 Å². The van der Waals surface area contributed by atoms with Crippen LogP contribution in [0.15, 0.2) is 24.3 Å². The largest absolute Gasteiger partial charge is 0.389 e. The molecule has 1 aromatic carbocycles. The second-order valence-corrected chi connectivity index (χ2v) is 5.68. The molecule has 7 heteroatoms. The van der Waals surface area contributed by atoms with Crippen LogP contribution in [0.2, 0.25) is 0 Å². The fraction of sp³-hybridized carbons (Fsp3) is 0.533. The molecule has 3 N–H and O–H groups in total. The predicted octanol–water partition coefficient (Wildman–Crippen LogP) is -0.189. The van der Waals surface area contributed by atoms with Gasteiger partial charge in [0, 0.05) is 19.6 Å². The van der Waals surface area contributed by atoms with E-state index in [1.807, 2.05) is 0 Å². The van der Waals surface area contributed by atoms with E-state index < -0.39 is 6.10 Å². The Labute approximate surface area is 128 Å². The van der Waals surface area contributed by atoms with Gasteiger partial charge in [0.2, 0.25) is 5.91 Å². The van der Waals surface area contributed by atoms with Crippen molar-refractivity contribution < 1.29 is 19.0 Å². The third-order valence-electron chi connectivity index (χ3n) is 4.07. The van der Waals surface area contributed by atoms with Crippen molar-refractivity contribution in [1.82, 2.24) is 15.8 Å². The van der Waals surface area contributed by atoms with Crippen molar-refractivity contribution in [3.63, 3.8) is 0 Å². The van der Waals surface area contributed by atoms with Crippen LogP contribution in [0.4, 0.5) is 4.39 Å². The van der Waals surface area contributed by atoms with Crippen LogP contribution in [-0.4, -0.2) is 54.9 Å². The molecule has 0 spiro atoms. The molecule has 0 radical (unpaired) electrons.